The van der Waals surface area contributed by atoms with Crippen LogP contribution in [0, 0.1) is 0 Å². The van der Waals surface area contributed by atoms with Crippen LogP contribution in [0.1, 0.15) is 12.6 Å². The highest BCUT2D eigenvalue weighted by atomic mass is 35.5. The SMILES string of the molecule is CC1CN(c2cc(Cl)nc(SCC(=O)NCCc3ccccn3)n2)CCN1C(=O)Nc1ccc(Cl)c(Cl)c1. The monoisotopic (exact) mass is 593 g/mol. The van der Waals surface area contributed by atoms with Gasteiger partial charge in [-0.25, -0.2) is 14.8 Å². The number of benzene rings is 1. The van der Waals surface area contributed by atoms with Crippen molar-refractivity contribution in [3.8, 4) is 0 Å². The summed E-state index contributed by atoms with van der Waals surface area (Å²) >= 11 is 19.5. The zero-order valence-corrected chi connectivity index (χ0v) is 23.6. The third kappa shape index (κ3) is 7.86. The average molecular weight is 595 g/mol. The quantitative estimate of drug-likeness (QED) is 0.214. The Hall–Kier alpha value is -2.79. The first-order chi connectivity index (χ1) is 18.3. The minimum atomic E-state index is -0.221. The molecular weight excluding hydrogens is 569 g/mol. The van der Waals surface area contributed by atoms with Gasteiger partial charge in [-0.3, -0.25) is 9.78 Å². The number of piperazine rings is 1. The van der Waals surface area contributed by atoms with Gasteiger partial charge in [0.2, 0.25) is 5.91 Å². The number of carbonyl (C=O) groups is 2. The summed E-state index contributed by atoms with van der Waals surface area (Å²) in [5.41, 5.74) is 1.49. The van der Waals surface area contributed by atoms with Crippen LogP contribution in [-0.2, 0) is 11.2 Å². The fraction of sp³-hybridized carbons (Fsp3) is 0.320. The molecule has 1 aliphatic rings. The molecule has 3 aromatic rings. The minimum Gasteiger partial charge on any atom is -0.355 e. The maximum atomic E-state index is 12.9. The number of rotatable bonds is 8. The van der Waals surface area contributed by atoms with E-state index in [-0.39, 0.29) is 23.7 Å². The Labute approximate surface area is 240 Å². The third-order valence-electron chi connectivity index (χ3n) is 5.81. The third-order valence-corrected chi connectivity index (χ3v) is 7.59. The average Bonchev–Trinajstić information content (AvgIpc) is 2.90. The van der Waals surface area contributed by atoms with Gasteiger partial charge in [0.15, 0.2) is 5.16 Å². The predicted molar refractivity (Wildman–Crippen MR) is 153 cm³/mol. The van der Waals surface area contributed by atoms with Gasteiger partial charge in [-0.2, -0.15) is 0 Å². The maximum absolute atomic E-state index is 12.9. The lowest BCUT2D eigenvalue weighted by molar-refractivity contribution is -0.118. The summed E-state index contributed by atoms with van der Waals surface area (Å²) in [6.07, 6.45) is 2.39. The number of aromatic nitrogens is 3. The molecule has 4 rings (SSSR count). The lowest BCUT2D eigenvalue weighted by Gasteiger charge is -2.40. The van der Waals surface area contributed by atoms with Crippen molar-refractivity contribution in [3.63, 3.8) is 0 Å². The molecule has 3 amide bonds. The van der Waals surface area contributed by atoms with Crippen LogP contribution in [0.25, 0.3) is 0 Å². The van der Waals surface area contributed by atoms with Crippen LogP contribution in [0.3, 0.4) is 0 Å². The first kappa shape index (κ1) is 28.2. The summed E-state index contributed by atoms with van der Waals surface area (Å²) in [6.45, 7) is 4.06. The highest BCUT2D eigenvalue weighted by Gasteiger charge is 2.28. The van der Waals surface area contributed by atoms with E-state index in [2.05, 4.69) is 30.5 Å². The fourth-order valence-corrected chi connectivity index (χ4v) is 5.11. The Morgan fingerprint density at radius 3 is 2.66 bits per heavy atom. The molecule has 1 unspecified atom stereocenters. The predicted octanol–water partition coefficient (Wildman–Crippen LogP) is 5.03. The number of hydrogen-bond acceptors (Lipinski definition) is 7. The molecule has 0 bridgehead atoms. The molecule has 0 spiro atoms. The van der Waals surface area contributed by atoms with Gasteiger partial charge < -0.3 is 20.4 Å². The van der Waals surface area contributed by atoms with Gasteiger partial charge in [0.05, 0.1) is 15.8 Å². The highest BCUT2D eigenvalue weighted by molar-refractivity contribution is 7.99. The normalized spacial score (nSPS) is 15.3. The van der Waals surface area contributed by atoms with Crippen molar-refractivity contribution in [2.45, 2.75) is 24.5 Å². The van der Waals surface area contributed by atoms with E-state index in [4.69, 9.17) is 34.8 Å². The van der Waals surface area contributed by atoms with E-state index >= 15 is 0 Å². The maximum Gasteiger partial charge on any atom is 0.322 e. The van der Waals surface area contributed by atoms with Gasteiger partial charge >= 0.3 is 6.03 Å². The van der Waals surface area contributed by atoms with Gasteiger partial charge in [0, 0.05) is 62.3 Å². The molecule has 3 heterocycles. The largest absolute Gasteiger partial charge is 0.355 e. The summed E-state index contributed by atoms with van der Waals surface area (Å²) in [6, 6.07) is 12.0. The molecular formula is C25H26Cl3N7O2S. The molecule has 1 aromatic carbocycles. The smallest absolute Gasteiger partial charge is 0.322 e. The number of nitrogens with one attached hydrogen (secondary N) is 2. The lowest BCUT2D eigenvalue weighted by atomic mass is 10.2. The summed E-state index contributed by atoms with van der Waals surface area (Å²) in [5.74, 6) is 0.701. The summed E-state index contributed by atoms with van der Waals surface area (Å²) < 4.78 is 0. The van der Waals surface area contributed by atoms with E-state index in [1.165, 1.54) is 11.8 Å². The van der Waals surface area contributed by atoms with Gasteiger partial charge in [0.25, 0.3) is 0 Å². The van der Waals surface area contributed by atoms with E-state index in [1.807, 2.05) is 25.1 Å². The minimum absolute atomic E-state index is 0.0961. The van der Waals surface area contributed by atoms with Crippen molar-refractivity contribution in [1.29, 1.82) is 0 Å². The van der Waals surface area contributed by atoms with Crippen LogP contribution >= 0.6 is 46.6 Å². The molecule has 1 saturated heterocycles. The van der Waals surface area contributed by atoms with Crippen LogP contribution in [-0.4, -0.2) is 69.8 Å². The lowest BCUT2D eigenvalue weighted by Crippen LogP contribution is -2.55. The van der Waals surface area contributed by atoms with E-state index < -0.39 is 0 Å². The molecule has 1 aliphatic heterocycles. The Morgan fingerprint density at radius 2 is 1.92 bits per heavy atom. The number of amides is 3. The van der Waals surface area contributed by atoms with E-state index in [0.717, 1.165) is 5.69 Å². The number of hydrogen-bond donors (Lipinski definition) is 2. The van der Waals surface area contributed by atoms with Crippen LogP contribution in [0.15, 0.2) is 53.8 Å². The van der Waals surface area contributed by atoms with Crippen molar-refractivity contribution in [2.75, 3.05) is 42.1 Å². The molecule has 13 heteroatoms. The van der Waals surface area contributed by atoms with Crippen molar-refractivity contribution < 1.29 is 9.59 Å². The van der Waals surface area contributed by atoms with Gasteiger partial charge in [0.1, 0.15) is 11.0 Å². The zero-order valence-electron chi connectivity index (χ0n) is 20.5. The first-order valence-corrected chi connectivity index (χ1v) is 14.0. The number of thioether (sulfide) groups is 1. The molecule has 2 aromatic heterocycles. The highest BCUT2D eigenvalue weighted by Crippen LogP contribution is 2.27. The number of nitrogens with zero attached hydrogens (tertiary/aromatic N) is 5. The molecule has 200 valence electrons. The zero-order chi connectivity index (χ0) is 27.1. The summed E-state index contributed by atoms with van der Waals surface area (Å²) in [4.78, 5) is 42.1. The van der Waals surface area contributed by atoms with Crippen molar-refractivity contribution in [1.82, 2.24) is 25.2 Å². The molecule has 9 nitrogen and oxygen atoms in total. The van der Waals surface area contributed by atoms with Crippen molar-refractivity contribution in [2.24, 2.45) is 0 Å². The Balaban J connectivity index is 1.28. The van der Waals surface area contributed by atoms with Gasteiger partial charge in [-0.1, -0.05) is 52.6 Å². The molecule has 1 atom stereocenters. The van der Waals surface area contributed by atoms with Gasteiger partial charge in [-0.05, 0) is 37.3 Å². The summed E-state index contributed by atoms with van der Waals surface area (Å²) in [5, 5.41) is 7.26. The number of carbonyl (C=O) groups excluding carboxylic acids is 2. The van der Waals surface area contributed by atoms with Crippen LogP contribution in [0.5, 0.6) is 0 Å². The second-order valence-corrected chi connectivity index (χ2v) is 10.7. The van der Waals surface area contributed by atoms with Crippen molar-refractivity contribution in [3.05, 3.63) is 69.6 Å². The molecule has 1 fully saturated rings. The number of halogens is 3. The van der Waals surface area contributed by atoms with E-state index in [0.29, 0.717) is 64.5 Å². The Kier molecular flexibility index (Phi) is 9.90. The second-order valence-electron chi connectivity index (χ2n) is 8.59. The Bertz CT molecular complexity index is 1290. The number of pyridine rings is 1. The van der Waals surface area contributed by atoms with Gasteiger partial charge in [-0.15, -0.1) is 0 Å². The van der Waals surface area contributed by atoms with Crippen LogP contribution < -0.4 is 15.5 Å². The van der Waals surface area contributed by atoms with Crippen LogP contribution in [0.4, 0.5) is 16.3 Å². The van der Waals surface area contributed by atoms with Crippen LogP contribution in [0.2, 0.25) is 15.2 Å². The molecule has 0 saturated carbocycles. The molecule has 0 radical (unpaired) electrons. The number of urea groups is 1. The van der Waals surface area contributed by atoms with Crippen molar-refractivity contribution >= 4 is 70.0 Å². The first-order valence-electron chi connectivity index (χ1n) is 11.9. The second kappa shape index (κ2) is 13.3. The van der Waals surface area contributed by atoms with E-state index in [9.17, 15) is 9.59 Å². The Morgan fingerprint density at radius 1 is 1.08 bits per heavy atom. The molecule has 38 heavy (non-hydrogen) atoms. The summed E-state index contributed by atoms with van der Waals surface area (Å²) in [7, 11) is 0. The molecule has 2 N–H and O–H groups in total. The molecule has 0 aliphatic carbocycles. The standard InChI is InChI=1S/C25H26Cl3N7O2S/c1-16-14-34(10-11-35(16)25(37)31-18-5-6-19(26)20(27)12-18)22-13-21(28)32-24(33-22)38-15-23(36)30-9-7-17-4-2-3-8-29-17/h2-6,8,12-13,16H,7,9-11,14-15H2,1H3,(H,30,36)(H,31,37). The van der Waals surface area contributed by atoms with E-state index in [1.54, 1.807) is 35.4 Å². The number of anilines is 2. The topological polar surface area (TPSA) is 103 Å². The fourth-order valence-electron chi connectivity index (χ4n) is 3.91.